The van der Waals surface area contributed by atoms with Gasteiger partial charge in [-0.05, 0) is 51.1 Å². The molecule has 0 bridgehead atoms. The molecule has 0 aliphatic carbocycles. The van der Waals surface area contributed by atoms with Gasteiger partial charge in [-0.15, -0.1) is 10.2 Å². The Balaban J connectivity index is 1.72. The summed E-state index contributed by atoms with van der Waals surface area (Å²) in [5.41, 5.74) is 0.286. The lowest BCUT2D eigenvalue weighted by Gasteiger charge is -2.46. The van der Waals surface area contributed by atoms with Crippen LogP contribution in [-0.4, -0.2) is 58.9 Å². The van der Waals surface area contributed by atoms with Crippen molar-refractivity contribution >= 4 is 5.91 Å². The number of ether oxygens (including phenoxy) is 1. The SMILES string of the molecule is COCCCn1cnnc1C(C)N1CC2(CCNCC2)CCC1=O. The zero-order chi connectivity index (χ0) is 17.0. The van der Waals surface area contributed by atoms with Crippen molar-refractivity contribution in [3.63, 3.8) is 0 Å². The fourth-order valence-corrected chi connectivity index (χ4v) is 4.04. The van der Waals surface area contributed by atoms with E-state index in [1.807, 2.05) is 4.90 Å². The lowest BCUT2D eigenvalue weighted by molar-refractivity contribution is -0.141. The van der Waals surface area contributed by atoms with Crippen LogP contribution in [0, 0.1) is 5.41 Å². The normalized spacial score (nSPS) is 22.1. The molecule has 1 unspecified atom stereocenters. The van der Waals surface area contributed by atoms with E-state index in [9.17, 15) is 4.79 Å². The Labute approximate surface area is 143 Å². The van der Waals surface area contributed by atoms with Gasteiger partial charge in [0.15, 0.2) is 5.82 Å². The molecule has 3 rings (SSSR count). The maximum absolute atomic E-state index is 12.6. The highest BCUT2D eigenvalue weighted by Crippen LogP contribution is 2.40. The Morgan fingerprint density at radius 1 is 1.38 bits per heavy atom. The van der Waals surface area contributed by atoms with Gasteiger partial charge in [-0.2, -0.15) is 0 Å². The minimum Gasteiger partial charge on any atom is -0.385 e. The topological polar surface area (TPSA) is 72.3 Å². The maximum Gasteiger partial charge on any atom is 0.223 e. The Hall–Kier alpha value is -1.47. The molecule has 2 aliphatic rings. The van der Waals surface area contributed by atoms with E-state index >= 15 is 0 Å². The first-order valence-electron chi connectivity index (χ1n) is 9.02. The van der Waals surface area contributed by atoms with E-state index in [2.05, 4.69) is 27.0 Å². The number of nitrogens with zero attached hydrogens (tertiary/aromatic N) is 4. The van der Waals surface area contributed by atoms with Crippen molar-refractivity contribution in [3.05, 3.63) is 12.2 Å². The Morgan fingerprint density at radius 3 is 2.92 bits per heavy atom. The quantitative estimate of drug-likeness (QED) is 0.795. The van der Waals surface area contributed by atoms with Crippen LogP contribution in [0.4, 0.5) is 0 Å². The predicted octanol–water partition coefficient (Wildman–Crippen LogP) is 1.37. The molecule has 1 amide bonds. The summed E-state index contributed by atoms with van der Waals surface area (Å²) in [6, 6.07) is -0.0328. The van der Waals surface area contributed by atoms with Crippen molar-refractivity contribution < 1.29 is 9.53 Å². The second-order valence-corrected chi connectivity index (χ2v) is 7.18. The lowest BCUT2D eigenvalue weighted by atomic mass is 9.72. The molecule has 0 aromatic carbocycles. The lowest BCUT2D eigenvalue weighted by Crippen LogP contribution is -2.51. The summed E-state index contributed by atoms with van der Waals surface area (Å²) in [6.07, 6.45) is 6.67. The average Bonchev–Trinajstić information content (AvgIpc) is 3.06. The molecule has 1 atom stereocenters. The average molecular weight is 335 g/mol. The third kappa shape index (κ3) is 3.62. The van der Waals surface area contributed by atoms with Crippen LogP contribution < -0.4 is 5.32 Å². The summed E-state index contributed by atoms with van der Waals surface area (Å²) in [5.74, 6) is 1.13. The summed E-state index contributed by atoms with van der Waals surface area (Å²) in [4.78, 5) is 14.6. The number of aryl methyl sites for hydroxylation is 1. The molecule has 2 aliphatic heterocycles. The second kappa shape index (κ2) is 7.61. The van der Waals surface area contributed by atoms with Gasteiger partial charge in [-0.3, -0.25) is 4.79 Å². The van der Waals surface area contributed by atoms with E-state index in [0.717, 1.165) is 57.7 Å². The van der Waals surface area contributed by atoms with Gasteiger partial charge in [0.2, 0.25) is 5.91 Å². The van der Waals surface area contributed by atoms with Gasteiger partial charge < -0.3 is 19.5 Å². The molecule has 1 aromatic rings. The summed E-state index contributed by atoms with van der Waals surface area (Å²) in [7, 11) is 1.71. The van der Waals surface area contributed by atoms with Gasteiger partial charge in [0.05, 0.1) is 6.04 Å². The van der Waals surface area contributed by atoms with E-state index in [0.29, 0.717) is 13.0 Å². The van der Waals surface area contributed by atoms with Crippen molar-refractivity contribution in [2.24, 2.45) is 5.41 Å². The number of likely N-dealkylation sites (tertiary alicyclic amines) is 1. The zero-order valence-corrected chi connectivity index (χ0v) is 14.8. The number of hydrogen-bond acceptors (Lipinski definition) is 5. The van der Waals surface area contributed by atoms with Crippen LogP contribution in [0.2, 0.25) is 0 Å². The largest absolute Gasteiger partial charge is 0.385 e. The van der Waals surface area contributed by atoms with E-state index in [1.165, 1.54) is 0 Å². The third-order valence-corrected chi connectivity index (χ3v) is 5.59. The highest BCUT2D eigenvalue weighted by Gasteiger charge is 2.41. The summed E-state index contributed by atoms with van der Waals surface area (Å²) in [5, 5.41) is 11.8. The highest BCUT2D eigenvalue weighted by molar-refractivity contribution is 5.77. The van der Waals surface area contributed by atoms with Crippen LogP contribution in [0.15, 0.2) is 6.33 Å². The fourth-order valence-electron chi connectivity index (χ4n) is 4.04. The molecule has 7 nitrogen and oxygen atoms in total. The summed E-state index contributed by atoms with van der Waals surface area (Å²) < 4.78 is 7.18. The van der Waals surface area contributed by atoms with Gasteiger partial charge in [0, 0.05) is 33.2 Å². The van der Waals surface area contributed by atoms with E-state index in [4.69, 9.17) is 4.74 Å². The predicted molar refractivity (Wildman–Crippen MR) is 90.4 cm³/mol. The molecule has 1 aromatic heterocycles. The van der Waals surface area contributed by atoms with Crippen molar-refractivity contribution in [1.82, 2.24) is 25.0 Å². The molecule has 1 N–H and O–H groups in total. The van der Waals surface area contributed by atoms with Crippen LogP contribution in [0.25, 0.3) is 0 Å². The number of carbonyl (C=O) groups excluding carboxylic acids is 1. The van der Waals surface area contributed by atoms with Crippen LogP contribution in [-0.2, 0) is 16.1 Å². The van der Waals surface area contributed by atoms with Gasteiger partial charge in [-0.25, -0.2) is 0 Å². The van der Waals surface area contributed by atoms with E-state index < -0.39 is 0 Å². The molecular formula is C17H29N5O2. The van der Waals surface area contributed by atoms with Gasteiger partial charge >= 0.3 is 0 Å². The van der Waals surface area contributed by atoms with E-state index in [-0.39, 0.29) is 17.4 Å². The number of rotatable bonds is 6. The van der Waals surface area contributed by atoms with Crippen LogP contribution in [0.1, 0.15) is 50.9 Å². The minimum atomic E-state index is -0.0328. The van der Waals surface area contributed by atoms with Crippen molar-refractivity contribution in [2.45, 2.75) is 51.6 Å². The van der Waals surface area contributed by atoms with E-state index in [1.54, 1.807) is 13.4 Å². The molecule has 1 spiro atoms. The fraction of sp³-hybridized carbons (Fsp3) is 0.824. The zero-order valence-electron chi connectivity index (χ0n) is 14.8. The summed E-state index contributed by atoms with van der Waals surface area (Å²) >= 11 is 0. The Bertz CT molecular complexity index is 553. The second-order valence-electron chi connectivity index (χ2n) is 7.18. The molecule has 7 heteroatoms. The number of methoxy groups -OCH3 is 1. The van der Waals surface area contributed by atoms with Crippen molar-refractivity contribution in [3.8, 4) is 0 Å². The smallest absolute Gasteiger partial charge is 0.223 e. The number of piperidine rings is 2. The summed E-state index contributed by atoms with van der Waals surface area (Å²) in [6.45, 7) is 6.57. The van der Waals surface area contributed by atoms with Crippen LogP contribution >= 0.6 is 0 Å². The van der Waals surface area contributed by atoms with Crippen LogP contribution in [0.3, 0.4) is 0 Å². The molecule has 134 valence electrons. The van der Waals surface area contributed by atoms with Crippen LogP contribution in [0.5, 0.6) is 0 Å². The van der Waals surface area contributed by atoms with Gasteiger partial charge in [0.1, 0.15) is 6.33 Å². The Morgan fingerprint density at radius 2 is 2.17 bits per heavy atom. The highest BCUT2D eigenvalue weighted by atomic mass is 16.5. The standard InChI is InChI=1S/C17H29N5O2/c1-14(16-20-19-13-21(16)10-3-11-24-2)22-12-17(5-4-15(22)23)6-8-18-9-7-17/h13-14,18H,3-12H2,1-2H3. The molecular weight excluding hydrogens is 306 g/mol. The van der Waals surface area contributed by atoms with Gasteiger partial charge in [-0.1, -0.05) is 0 Å². The molecule has 2 fully saturated rings. The number of amides is 1. The molecule has 0 radical (unpaired) electrons. The minimum absolute atomic E-state index is 0.0328. The number of carbonyl (C=O) groups is 1. The monoisotopic (exact) mass is 335 g/mol. The van der Waals surface area contributed by atoms with Crippen molar-refractivity contribution in [1.29, 1.82) is 0 Å². The maximum atomic E-state index is 12.6. The molecule has 0 saturated carbocycles. The first kappa shape index (κ1) is 17.4. The molecule has 24 heavy (non-hydrogen) atoms. The van der Waals surface area contributed by atoms with Gasteiger partial charge in [0.25, 0.3) is 0 Å². The third-order valence-electron chi connectivity index (χ3n) is 5.59. The van der Waals surface area contributed by atoms with Crippen molar-refractivity contribution in [2.75, 3.05) is 33.4 Å². The number of aromatic nitrogens is 3. The molecule has 2 saturated heterocycles. The molecule has 3 heterocycles. The Kier molecular flexibility index (Phi) is 5.50. The first-order valence-corrected chi connectivity index (χ1v) is 9.02. The first-order chi connectivity index (χ1) is 11.7. The number of hydrogen-bond donors (Lipinski definition) is 1. The number of nitrogens with one attached hydrogen (secondary N) is 1.